The summed E-state index contributed by atoms with van der Waals surface area (Å²) in [5.74, 6) is 2.23. The fourth-order valence-electron chi connectivity index (χ4n) is 2.34. The minimum Gasteiger partial charge on any atom is -0.324 e. The molecule has 0 radical (unpaired) electrons. The first-order chi connectivity index (χ1) is 10.1. The number of carbonyl (C=O) groups is 1. The molecule has 3 heterocycles. The summed E-state index contributed by atoms with van der Waals surface area (Å²) < 4.78 is 0. The smallest absolute Gasteiger partial charge is 0.323 e. The van der Waals surface area contributed by atoms with E-state index in [0.29, 0.717) is 23.9 Å². The average Bonchev–Trinajstić information content (AvgIpc) is 3.10. The Bertz CT molecular complexity index is 640. The maximum absolute atomic E-state index is 12.2. The molecule has 8 heteroatoms. The number of hydrogen-bond donors (Lipinski definition) is 2. The van der Waals surface area contributed by atoms with Crippen molar-refractivity contribution in [1.82, 2.24) is 25.1 Å². The van der Waals surface area contributed by atoms with Crippen molar-refractivity contribution in [2.45, 2.75) is 19.3 Å². The number of aromatic amines is 1. The number of anilines is 1. The molecule has 110 valence electrons. The summed E-state index contributed by atoms with van der Waals surface area (Å²) >= 11 is 5.76. The van der Waals surface area contributed by atoms with Crippen molar-refractivity contribution in [2.75, 3.05) is 18.4 Å². The van der Waals surface area contributed by atoms with E-state index in [0.717, 1.165) is 18.1 Å². The summed E-state index contributed by atoms with van der Waals surface area (Å²) in [5.41, 5.74) is 0. The lowest BCUT2D eigenvalue weighted by Gasteiger charge is -2.16. The van der Waals surface area contributed by atoms with Crippen molar-refractivity contribution >= 4 is 23.4 Å². The molecule has 0 aromatic carbocycles. The van der Waals surface area contributed by atoms with E-state index in [4.69, 9.17) is 11.6 Å². The first-order valence-electron chi connectivity index (χ1n) is 6.68. The van der Waals surface area contributed by atoms with Gasteiger partial charge in [0.25, 0.3) is 0 Å². The van der Waals surface area contributed by atoms with Crippen LogP contribution >= 0.6 is 11.6 Å². The molecule has 1 aliphatic heterocycles. The van der Waals surface area contributed by atoms with Gasteiger partial charge >= 0.3 is 6.03 Å². The van der Waals surface area contributed by atoms with Crippen LogP contribution in [0.1, 0.15) is 24.0 Å². The van der Waals surface area contributed by atoms with Gasteiger partial charge in [0.15, 0.2) is 5.82 Å². The van der Waals surface area contributed by atoms with Crippen molar-refractivity contribution in [3.63, 3.8) is 0 Å². The minimum absolute atomic E-state index is 0.167. The summed E-state index contributed by atoms with van der Waals surface area (Å²) in [6, 6.07) is 3.19. The Morgan fingerprint density at radius 1 is 1.52 bits per heavy atom. The molecule has 1 fully saturated rings. The molecule has 21 heavy (non-hydrogen) atoms. The van der Waals surface area contributed by atoms with Crippen LogP contribution in [0.25, 0.3) is 0 Å². The van der Waals surface area contributed by atoms with Crippen LogP contribution in [-0.2, 0) is 0 Å². The van der Waals surface area contributed by atoms with Crippen molar-refractivity contribution in [3.8, 4) is 0 Å². The van der Waals surface area contributed by atoms with E-state index in [-0.39, 0.29) is 11.9 Å². The monoisotopic (exact) mass is 306 g/mol. The van der Waals surface area contributed by atoms with Gasteiger partial charge in [-0.1, -0.05) is 11.6 Å². The second kappa shape index (κ2) is 5.69. The SMILES string of the molecule is Cc1nc(C2CCN(C(=O)Nc3ccc(Cl)cn3)C2)n[nH]1. The lowest BCUT2D eigenvalue weighted by atomic mass is 10.1. The number of likely N-dealkylation sites (tertiary alicyclic amines) is 1. The molecule has 0 saturated carbocycles. The van der Waals surface area contributed by atoms with E-state index < -0.39 is 0 Å². The number of urea groups is 1. The zero-order valence-corrected chi connectivity index (χ0v) is 12.3. The molecule has 7 nitrogen and oxygen atoms in total. The van der Waals surface area contributed by atoms with E-state index >= 15 is 0 Å². The van der Waals surface area contributed by atoms with Crippen LogP contribution in [0, 0.1) is 6.92 Å². The van der Waals surface area contributed by atoms with Crippen LogP contribution in [0.3, 0.4) is 0 Å². The fraction of sp³-hybridized carbons (Fsp3) is 0.385. The largest absolute Gasteiger partial charge is 0.324 e. The standard InChI is InChI=1S/C13H15ClN6O/c1-8-16-12(19-18-8)9-4-5-20(7-9)13(21)17-11-3-2-10(14)6-15-11/h2-3,6,9H,4-5,7H2,1H3,(H,15,17,21)(H,16,18,19). The van der Waals surface area contributed by atoms with Crippen molar-refractivity contribution < 1.29 is 4.79 Å². The number of aromatic nitrogens is 4. The van der Waals surface area contributed by atoms with Crippen LogP contribution in [0.5, 0.6) is 0 Å². The zero-order valence-electron chi connectivity index (χ0n) is 11.5. The third kappa shape index (κ3) is 3.13. The normalized spacial score (nSPS) is 18.0. The molecular weight excluding hydrogens is 292 g/mol. The number of carbonyl (C=O) groups excluding carboxylic acids is 1. The number of halogens is 1. The average molecular weight is 307 g/mol. The Kier molecular flexibility index (Phi) is 3.74. The second-order valence-electron chi connectivity index (χ2n) is 5.00. The van der Waals surface area contributed by atoms with E-state index in [1.54, 1.807) is 17.0 Å². The van der Waals surface area contributed by atoms with Gasteiger partial charge in [-0.05, 0) is 25.5 Å². The molecule has 2 N–H and O–H groups in total. The number of nitrogens with one attached hydrogen (secondary N) is 2. The molecule has 0 spiro atoms. The molecule has 1 unspecified atom stereocenters. The third-order valence-corrected chi connectivity index (χ3v) is 3.64. The van der Waals surface area contributed by atoms with E-state index in [1.807, 2.05) is 6.92 Å². The lowest BCUT2D eigenvalue weighted by Crippen LogP contribution is -2.33. The Morgan fingerprint density at radius 3 is 3.05 bits per heavy atom. The van der Waals surface area contributed by atoms with Gasteiger partial charge in [0.2, 0.25) is 0 Å². The number of aryl methyl sites for hydroxylation is 1. The first-order valence-corrected chi connectivity index (χ1v) is 7.06. The van der Waals surface area contributed by atoms with Crippen LogP contribution in [0.4, 0.5) is 10.6 Å². The van der Waals surface area contributed by atoms with Crippen molar-refractivity contribution in [3.05, 3.63) is 35.0 Å². The van der Waals surface area contributed by atoms with Gasteiger partial charge in [-0.15, -0.1) is 0 Å². The molecular formula is C13H15ClN6O. The fourth-order valence-corrected chi connectivity index (χ4v) is 2.45. The molecule has 1 saturated heterocycles. The van der Waals surface area contributed by atoms with Gasteiger partial charge in [-0.2, -0.15) is 5.10 Å². The van der Waals surface area contributed by atoms with Gasteiger partial charge in [-0.25, -0.2) is 14.8 Å². The maximum Gasteiger partial charge on any atom is 0.323 e. The highest BCUT2D eigenvalue weighted by Gasteiger charge is 2.29. The van der Waals surface area contributed by atoms with Gasteiger partial charge in [0.1, 0.15) is 11.6 Å². The minimum atomic E-state index is -0.167. The van der Waals surface area contributed by atoms with Gasteiger partial charge in [0, 0.05) is 25.2 Å². The third-order valence-electron chi connectivity index (χ3n) is 3.42. The highest BCUT2D eigenvalue weighted by Crippen LogP contribution is 2.25. The van der Waals surface area contributed by atoms with E-state index in [1.165, 1.54) is 6.20 Å². The van der Waals surface area contributed by atoms with Crippen LogP contribution < -0.4 is 5.32 Å². The van der Waals surface area contributed by atoms with Gasteiger partial charge in [0.05, 0.1) is 5.02 Å². The highest BCUT2D eigenvalue weighted by atomic mass is 35.5. The second-order valence-corrected chi connectivity index (χ2v) is 5.44. The maximum atomic E-state index is 12.2. The van der Waals surface area contributed by atoms with Crippen LogP contribution in [-0.4, -0.2) is 44.2 Å². The van der Waals surface area contributed by atoms with Gasteiger partial charge in [-0.3, -0.25) is 10.4 Å². The van der Waals surface area contributed by atoms with Crippen LogP contribution in [0.15, 0.2) is 18.3 Å². The Labute approximate surface area is 126 Å². The highest BCUT2D eigenvalue weighted by molar-refractivity contribution is 6.30. The number of rotatable bonds is 2. The number of nitrogens with zero attached hydrogens (tertiary/aromatic N) is 4. The summed E-state index contributed by atoms with van der Waals surface area (Å²) in [7, 11) is 0. The van der Waals surface area contributed by atoms with Crippen molar-refractivity contribution in [1.29, 1.82) is 0 Å². The molecule has 3 rings (SSSR count). The van der Waals surface area contributed by atoms with Gasteiger partial charge < -0.3 is 4.90 Å². The summed E-state index contributed by atoms with van der Waals surface area (Å²) in [4.78, 5) is 22.3. The Morgan fingerprint density at radius 2 is 2.38 bits per heavy atom. The summed E-state index contributed by atoms with van der Waals surface area (Å²) in [6.07, 6.45) is 2.36. The molecule has 1 atom stereocenters. The van der Waals surface area contributed by atoms with Crippen LogP contribution in [0.2, 0.25) is 5.02 Å². The first kappa shape index (κ1) is 13.8. The Balaban J connectivity index is 1.60. The molecule has 0 bridgehead atoms. The summed E-state index contributed by atoms with van der Waals surface area (Å²) in [6.45, 7) is 3.15. The quantitative estimate of drug-likeness (QED) is 0.890. The molecule has 1 aliphatic rings. The van der Waals surface area contributed by atoms with E-state index in [2.05, 4.69) is 25.5 Å². The molecule has 0 aliphatic carbocycles. The number of amides is 2. The summed E-state index contributed by atoms with van der Waals surface area (Å²) in [5, 5.41) is 10.3. The predicted octanol–water partition coefficient (Wildman–Crippen LogP) is 2.18. The molecule has 2 amide bonds. The van der Waals surface area contributed by atoms with Crippen molar-refractivity contribution in [2.24, 2.45) is 0 Å². The predicted molar refractivity (Wildman–Crippen MR) is 78.3 cm³/mol. The number of hydrogen-bond acceptors (Lipinski definition) is 4. The van der Waals surface area contributed by atoms with E-state index in [9.17, 15) is 4.79 Å². The Hall–Kier alpha value is -2.15. The topological polar surface area (TPSA) is 86.8 Å². The molecule has 2 aromatic rings. The zero-order chi connectivity index (χ0) is 14.8. The lowest BCUT2D eigenvalue weighted by molar-refractivity contribution is 0.222. The molecule has 2 aromatic heterocycles. The number of H-pyrrole nitrogens is 1. The number of pyridine rings is 1.